The highest BCUT2D eigenvalue weighted by Gasteiger charge is 2.24. The van der Waals surface area contributed by atoms with E-state index < -0.39 is 0 Å². The largest absolute Gasteiger partial charge is 0.369 e. The molecule has 7 nitrogen and oxygen atoms in total. The number of rotatable bonds is 5. The zero-order valence-electron chi connectivity index (χ0n) is 12.3. The minimum atomic E-state index is -0.280. The molecular formula is C13H21N5O2S. The SMILES string of the molecule is CC(=O)Nc1ncc(CN2CCN(CC(N)=O)CC2C)s1. The molecule has 0 saturated carbocycles. The molecule has 1 atom stereocenters. The van der Waals surface area contributed by atoms with Gasteiger partial charge in [0.1, 0.15) is 0 Å². The molecule has 21 heavy (non-hydrogen) atoms. The molecule has 1 saturated heterocycles. The Morgan fingerprint density at radius 3 is 2.90 bits per heavy atom. The minimum Gasteiger partial charge on any atom is -0.369 e. The Morgan fingerprint density at radius 1 is 1.52 bits per heavy atom. The Morgan fingerprint density at radius 2 is 2.29 bits per heavy atom. The van der Waals surface area contributed by atoms with E-state index in [0.717, 1.165) is 31.1 Å². The molecule has 0 radical (unpaired) electrons. The molecule has 0 bridgehead atoms. The van der Waals surface area contributed by atoms with Crippen molar-refractivity contribution in [1.82, 2.24) is 14.8 Å². The van der Waals surface area contributed by atoms with Gasteiger partial charge in [-0.1, -0.05) is 0 Å². The number of amides is 2. The molecule has 2 heterocycles. The lowest BCUT2D eigenvalue weighted by atomic mass is 10.2. The van der Waals surface area contributed by atoms with E-state index in [1.807, 2.05) is 0 Å². The first-order chi connectivity index (χ1) is 9.94. The van der Waals surface area contributed by atoms with E-state index in [1.165, 1.54) is 18.3 Å². The normalized spacial score (nSPS) is 20.4. The van der Waals surface area contributed by atoms with Gasteiger partial charge in [-0.15, -0.1) is 11.3 Å². The molecule has 1 aromatic heterocycles. The quantitative estimate of drug-likeness (QED) is 0.804. The maximum atomic E-state index is 11.0. The number of hydrogen-bond acceptors (Lipinski definition) is 6. The lowest BCUT2D eigenvalue weighted by molar-refractivity contribution is -0.120. The summed E-state index contributed by atoms with van der Waals surface area (Å²) in [6, 6.07) is 0.351. The van der Waals surface area contributed by atoms with Crippen molar-refractivity contribution in [2.24, 2.45) is 5.73 Å². The molecule has 1 unspecified atom stereocenters. The maximum Gasteiger partial charge on any atom is 0.231 e. The summed E-state index contributed by atoms with van der Waals surface area (Å²) < 4.78 is 0. The second kappa shape index (κ2) is 6.97. The van der Waals surface area contributed by atoms with Crippen molar-refractivity contribution in [3.63, 3.8) is 0 Å². The summed E-state index contributed by atoms with van der Waals surface area (Å²) in [4.78, 5) is 31.7. The van der Waals surface area contributed by atoms with Gasteiger partial charge in [-0.05, 0) is 6.92 Å². The first-order valence-corrected chi connectivity index (χ1v) is 7.72. The van der Waals surface area contributed by atoms with Gasteiger partial charge in [-0.25, -0.2) is 4.98 Å². The summed E-state index contributed by atoms with van der Waals surface area (Å²) >= 11 is 1.50. The number of hydrogen-bond donors (Lipinski definition) is 2. The second-order valence-electron chi connectivity index (χ2n) is 5.33. The Labute approximate surface area is 128 Å². The summed E-state index contributed by atoms with van der Waals surface area (Å²) in [5.41, 5.74) is 5.23. The molecule has 3 N–H and O–H groups in total. The van der Waals surface area contributed by atoms with Crippen molar-refractivity contribution in [3.05, 3.63) is 11.1 Å². The van der Waals surface area contributed by atoms with Gasteiger partial charge >= 0.3 is 0 Å². The van der Waals surface area contributed by atoms with Gasteiger partial charge in [0, 0.05) is 50.2 Å². The van der Waals surface area contributed by atoms with Gasteiger partial charge in [0.2, 0.25) is 11.8 Å². The van der Waals surface area contributed by atoms with Crippen LogP contribution in [0.15, 0.2) is 6.20 Å². The van der Waals surface area contributed by atoms with Crippen molar-refractivity contribution < 1.29 is 9.59 Å². The number of anilines is 1. The number of nitrogens with zero attached hydrogens (tertiary/aromatic N) is 3. The molecule has 1 aromatic rings. The average Bonchev–Trinajstić information content (AvgIpc) is 2.78. The van der Waals surface area contributed by atoms with Crippen LogP contribution in [-0.4, -0.2) is 58.8 Å². The van der Waals surface area contributed by atoms with E-state index in [0.29, 0.717) is 17.7 Å². The van der Waals surface area contributed by atoms with Crippen molar-refractivity contribution in [2.45, 2.75) is 26.4 Å². The van der Waals surface area contributed by atoms with E-state index in [1.54, 1.807) is 6.20 Å². The summed E-state index contributed by atoms with van der Waals surface area (Å²) in [5.74, 6) is -0.387. The van der Waals surface area contributed by atoms with E-state index in [9.17, 15) is 9.59 Å². The van der Waals surface area contributed by atoms with Crippen LogP contribution in [0.25, 0.3) is 0 Å². The van der Waals surface area contributed by atoms with Crippen LogP contribution in [0, 0.1) is 0 Å². The molecule has 0 aliphatic carbocycles. The third-order valence-electron chi connectivity index (χ3n) is 3.42. The lowest BCUT2D eigenvalue weighted by Gasteiger charge is -2.39. The van der Waals surface area contributed by atoms with Gasteiger partial charge in [-0.2, -0.15) is 0 Å². The van der Waals surface area contributed by atoms with Crippen molar-refractivity contribution in [2.75, 3.05) is 31.5 Å². The fourth-order valence-electron chi connectivity index (χ4n) is 2.46. The van der Waals surface area contributed by atoms with Gasteiger partial charge in [0.05, 0.1) is 6.54 Å². The number of carbonyl (C=O) groups is 2. The molecular weight excluding hydrogens is 290 g/mol. The number of primary amides is 1. The molecule has 8 heteroatoms. The number of piperazine rings is 1. The van der Waals surface area contributed by atoms with E-state index in [-0.39, 0.29) is 11.8 Å². The summed E-state index contributed by atoms with van der Waals surface area (Å²) in [5, 5.41) is 3.33. The first kappa shape index (κ1) is 15.9. The molecule has 1 aliphatic heterocycles. The van der Waals surface area contributed by atoms with Crippen LogP contribution in [0.5, 0.6) is 0 Å². The zero-order chi connectivity index (χ0) is 15.4. The maximum absolute atomic E-state index is 11.0. The van der Waals surface area contributed by atoms with Crippen LogP contribution >= 0.6 is 11.3 Å². The van der Waals surface area contributed by atoms with Crippen molar-refractivity contribution >= 4 is 28.3 Å². The molecule has 1 aliphatic rings. The van der Waals surface area contributed by atoms with Gasteiger partial charge < -0.3 is 11.1 Å². The summed E-state index contributed by atoms with van der Waals surface area (Å²) in [6.07, 6.45) is 1.80. The van der Waals surface area contributed by atoms with Crippen LogP contribution in [0.1, 0.15) is 18.7 Å². The topological polar surface area (TPSA) is 91.6 Å². The smallest absolute Gasteiger partial charge is 0.231 e. The number of nitrogens with one attached hydrogen (secondary N) is 1. The Bertz CT molecular complexity index is 518. The Balaban J connectivity index is 1.87. The molecule has 2 amide bonds. The second-order valence-corrected chi connectivity index (χ2v) is 6.45. The summed E-state index contributed by atoms with van der Waals surface area (Å²) in [7, 11) is 0. The van der Waals surface area contributed by atoms with Crippen LogP contribution in [0.3, 0.4) is 0 Å². The molecule has 0 spiro atoms. The molecule has 0 aromatic carbocycles. The van der Waals surface area contributed by atoms with Crippen LogP contribution in [-0.2, 0) is 16.1 Å². The fraction of sp³-hybridized carbons (Fsp3) is 0.615. The van der Waals surface area contributed by atoms with Gasteiger partial charge in [0.25, 0.3) is 0 Å². The number of carbonyl (C=O) groups excluding carboxylic acids is 2. The standard InChI is InChI=1S/C13H21N5O2S/c1-9-6-17(8-12(14)20)3-4-18(9)7-11-5-15-13(21-11)16-10(2)19/h5,9H,3-4,6-8H2,1-2H3,(H2,14,20)(H,15,16,19). The fourth-order valence-corrected chi connectivity index (χ4v) is 3.34. The average molecular weight is 311 g/mol. The number of aromatic nitrogens is 1. The predicted molar refractivity (Wildman–Crippen MR) is 81.9 cm³/mol. The highest BCUT2D eigenvalue weighted by Crippen LogP contribution is 2.21. The van der Waals surface area contributed by atoms with Crippen LogP contribution in [0.2, 0.25) is 0 Å². The van der Waals surface area contributed by atoms with Crippen LogP contribution in [0.4, 0.5) is 5.13 Å². The van der Waals surface area contributed by atoms with Gasteiger partial charge in [-0.3, -0.25) is 19.4 Å². The predicted octanol–water partition coefficient (Wildman–Crippen LogP) is 0.0929. The number of nitrogens with two attached hydrogens (primary N) is 1. The monoisotopic (exact) mass is 311 g/mol. The van der Waals surface area contributed by atoms with E-state index in [2.05, 4.69) is 27.0 Å². The molecule has 2 rings (SSSR count). The lowest BCUT2D eigenvalue weighted by Crippen LogP contribution is -2.53. The van der Waals surface area contributed by atoms with Crippen molar-refractivity contribution in [1.29, 1.82) is 0 Å². The first-order valence-electron chi connectivity index (χ1n) is 6.91. The molecule has 1 fully saturated rings. The van der Waals surface area contributed by atoms with E-state index in [4.69, 9.17) is 5.73 Å². The zero-order valence-corrected chi connectivity index (χ0v) is 13.2. The van der Waals surface area contributed by atoms with E-state index >= 15 is 0 Å². The third kappa shape index (κ3) is 4.76. The minimum absolute atomic E-state index is 0.107. The van der Waals surface area contributed by atoms with Crippen molar-refractivity contribution in [3.8, 4) is 0 Å². The summed E-state index contributed by atoms with van der Waals surface area (Å²) in [6.45, 7) is 7.31. The van der Waals surface area contributed by atoms with Crippen LogP contribution < -0.4 is 11.1 Å². The Hall–Kier alpha value is -1.51. The highest BCUT2D eigenvalue weighted by atomic mass is 32.1. The highest BCUT2D eigenvalue weighted by molar-refractivity contribution is 7.15. The third-order valence-corrected chi connectivity index (χ3v) is 4.32. The Kier molecular flexibility index (Phi) is 5.27. The number of thiazole rings is 1. The van der Waals surface area contributed by atoms with Gasteiger partial charge in [0.15, 0.2) is 5.13 Å². The molecule has 116 valence electrons.